The molecule has 6 rings (SSSR count). The maximum Gasteiger partial charge on any atom is 0.276 e. The van der Waals surface area contributed by atoms with Crippen LogP contribution in [0.3, 0.4) is 0 Å². The maximum atomic E-state index is 13.6. The van der Waals surface area contributed by atoms with Gasteiger partial charge in [-0.25, -0.2) is 4.98 Å². The lowest BCUT2D eigenvalue weighted by Crippen LogP contribution is -2.39. The van der Waals surface area contributed by atoms with E-state index in [4.69, 9.17) is 10.7 Å². The summed E-state index contributed by atoms with van der Waals surface area (Å²) >= 11 is 0. The molecule has 0 aliphatic carbocycles. The molecular weight excluding hydrogens is 490 g/mol. The zero-order valence-electron chi connectivity index (χ0n) is 21.8. The van der Waals surface area contributed by atoms with Gasteiger partial charge in [0.25, 0.3) is 11.8 Å². The van der Waals surface area contributed by atoms with Gasteiger partial charge >= 0.3 is 0 Å². The van der Waals surface area contributed by atoms with Crippen molar-refractivity contribution < 1.29 is 9.59 Å². The lowest BCUT2D eigenvalue weighted by atomic mass is 10.0. The molecule has 0 radical (unpaired) electrons. The Hall–Kier alpha value is -5.05. The summed E-state index contributed by atoms with van der Waals surface area (Å²) in [6, 6.07) is 22.9. The Morgan fingerprint density at radius 3 is 2.46 bits per heavy atom. The van der Waals surface area contributed by atoms with Crippen LogP contribution < -0.4 is 16.0 Å². The van der Waals surface area contributed by atoms with Gasteiger partial charge in [-0.15, -0.1) is 0 Å². The van der Waals surface area contributed by atoms with Crippen molar-refractivity contribution in [2.75, 3.05) is 36.6 Å². The van der Waals surface area contributed by atoms with Gasteiger partial charge in [-0.1, -0.05) is 30.3 Å². The SMILES string of the molecule is CN(C)c1ccc(NC(=O)c2nc(-c3cccc4c(N)cccc34)n3c2CN(C(=O)c2ccc[nH]2)CC3)cc1. The van der Waals surface area contributed by atoms with Crippen molar-refractivity contribution in [1.82, 2.24) is 19.4 Å². The van der Waals surface area contributed by atoms with Crippen LogP contribution in [0.25, 0.3) is 22.2 Å². The lowest BCUT2D eigenvalue weighted by Gasteiger charge is -2.29. The third kappa shape index (κ3) is 4.37. The number of carbonyl (C=O) groups excluding carboxylic acids is 2. The van der Waals surface area contributed by atoms with Gasteiger partial charge in [-0.3, -0.25) is 9.59 Å². The Kier molecular flexibility index (Phi) is 6.03. The van der Waals surface area contributed by atoms with Crippen LogP contribution in [0.1, 0.15) is 26.7 Å². The van der Waals surface area contributed by atoms with Gasteiger partial charge in [0.15, 0.2) is 5.69 Å². The molecule has 0 saturated heterocycles. The second kappa shape index (κ2) is 9.68. The first-order chi connectivity index (χ1) is 18.9. The Balaban J connectivity index is 1.42. The Morgan fingerprint density at radius 2 is 1.72 bits per heavy atom. The number of nitrogen functional groups attached to an aromatic ring is 1. The van der Waals surface area contributed by atoms with Crippen LogP contribution in [0.4, 0.5) is 17.1 Å². The standard InChI is InChI=1S/C30H29N7O2/c1-35(2)20-13-11-19(12-14-20)33-29(38)27-26-18-36(30(39)25-10-5-15-32-25)16-17-37(26)28(34-27)23-8-3-7-22-21(23)6-4-9-24(22)31/h3-15,32H,16-18,31H2,1-2H3,(H,33,38). The van der Waals surface area contributed by atoms with Gasteiger partial charge in [0.2, 0.25) is 0 Å². The minimum atomic E-state index is -0.323. The quantitative estimate of drug-likeness (QED) is 0.294. The smallest absolute Gasteiger partial charge is 0.276 e. The van der Waals surface area contributed by atoms with Gasteiger partial charge in [0.05, 0.1) is 12.2 Å². The number of hydrogen-bond acceptors (Lipinski definition) is 5. The summed E-state index contributed by atoms with van der Waals surface area (Å²) in [6.45, 7) is 1.27. The van der Waals surface area contributed by atoms with E-state index in [1.807, 2.05) is 79.7 Å². The third-order valence-electron chi connectivity index (χ3n) is 7.18. The van der Waals surface area contributed by atoms with Crippen LogP contribution in [0.5, 0.6) is 0 Å². The number of nitrogens with two attached hydrogens (primary N) is 1. The number of anilines is 3. The molecule has 0 spiro atoms. The fraction of sp³-hybridized carbons (Fsp3) is 0.167. The highest BCUT2D eigenvalue weighted by Gasteiger charge is 2.31. The number of aromatic nitrogens is 3. The number of carbonyl (C=O) groups is 2. The third-order valence-corrected chi connectivity index (χ3v) is 7.18. The van der Waals surface area contributed by atoms with E-state index in [2.05, 4.69) is 14.9 Å². The predicted octanol–water partition coefficient (Wildman–Crippen LogP) is 4.59. The lowest BCUT2D eigenvalue weighted by molar-refractivity contribution is 0.0704. The van der Waals surface area contributed by atoms with E-state index in [0.717, 1.165) is 22.0 Å². The number of nitrogens with zero attached hydrogens (tertiary/aromatic N) is 4. The molecule has 0 unspecified atom stereocenters. The average molecular weight is 520 g/mol. The number of fused-ring (bicyclic) bond motifs is 2. The Bertz CT molecular complexity index is 1680. The fourth-order valence-electron chi connectivity index (χ4n) is 5.13. The molecule has 0 atom stereocenters. The van der Waals surface area contributed by atoms with Gasteiger partial charge in [-0.2, -0.15) is 0 Å². The molecule has 5 aromatic rings. The zero-order valence-corrected chi connectivity index (χ0v) is 21.8. The van der Waals surface area contributed by atoms with Gasteiger partial charge in [0, 0.05) is 61.4 Å². The summed E-state index contributed by atoms with van der Waals surface area (Å²) in [6.07, 6.45) is 1.73. The van der Waals surface area contributed by atoms with Gasteiger partial charge in [-0.05, 0) is 47.9 Å². The van der Waals surface area contributed by atoms with Crippen LogP contribution in [0.15, 0.2) is 79.0 Å². The fourth-order valence-corrected chi connectivity index (χ4v) is 5.13. The summed E-state index contributed by atoms with van der Waals surface area (Å²) < 4.78 is 2.06. The molecule has 9 heteroatoms. The Morgan fingerprint density at radius 1 is 0.949 bits per heavy atom. The molecule has 4 N–H and O–H groups in total. The molecule has 196 valence electrons. The van der Waals surface area contributed by atoms with Crippen molar-refractivity contribution in [3.8, 4) is 11.4 Å². The minimum absolute atomic E-state index is 0.113. The molecule has 0 bridgehead atoms. The molecule has 2 aromatic heterocycles. The van der Waals surface area contributed by atoms with Crippen LogP contribution in [0, 0.1) is 0 Å². The monoisotopic (exact) mass is 519 g/mol. The van der Waals surface area contributed by atoms with Crippen molar-refractivity contribution in [2.45, 2.75) is 13.1 Å². The van der Waals surface area contributed by atoms with E-state index >= 15 is 0 Å². The highest BCUT2D eigenvalue weighted by Crippen LogP contribution is 2.34. The van der Waals surface area contributed by atoms with E-state index in [0.29, 0.717) is 47.4 Å². The first-order valence-corrected chi connectivity index (χ1v) is 12.8. The summed E-state index contributed by atoms with van der Waals surface area (Å²) in [4.78, 5) is 38.4. The van der Waals surface area contributed by atoms with E-state index in [9.17, 15) is 9.59 Å². The molecule has 1 aliphatic heterocycles. The average Bonchev–Trinajstić information content (AvgIpc) is 3.61. The highest BCUT2D eigenvalue weighted by atomic mass is 16.2. The summed E-state index contributed by atoms with van der Waals surface area (Å²) in [5.74, 6) is 0.246. The number of nitrogens with one attached hydrogen (secondary N) is 2. The van der Waals surface area contributed by atoms with Crippen LogP contribution in [-0.4, -0.2) is 51.9 Å². The van der Waals surface area contributed by atoms with E-state index in [-0.39, 0.29) is 18.4 Å². The first-order valence-electron chi connectivity index (χ1n) is 12.8. The number of imidazole rings is 1. The summed E-state index contributed by atoms with van der Waals surface area (Å²) in [5, 5.41) is 4.88. The topological polar surface area (TPSA) is 112 Å². The molecule has 2 amide bonds. The normalized spacial score (nSPS) is 12.8. The zero-order chi connectivity index (χ0) is 27.1. The number of amides is 2. The molecule has 1 aliphatic rings. The molecule has 3 heterocycles. The minimum Gasteiger partial charge on any atom is -0.398 e. The number of aromatic amines is 1. The highest BCUT2D eigenvalue weighted by molar-refractivity contribution is 6.06. The summed E-state index contributed by atoms with van der Waals surface area (Å²) in [5.41, 5.74) is 11.0. The van der Waals surface area contributed by atoms with Crippen molar-refractivity contribution >= 4 is 39.6 Å². The molecular formula is C30H29N7O2. The Labute approximate surface area is 225 Å². The number of rotatable bonds is 5. The first kappa shape index (κ1) is 24.3. The van der Waals surface area contributed by atoms with E-state index in [1.54, 1.807) is 23.2 Å². The van der Waals surface area contributed by atoms with Crippen molar-refractivity contribution in [2.24, 2.45) is 0 Å². The largest absolute Gasteiger partial charge is 0.398 e. The van der Waals surface area contributed by atoms with Crippen molar-refractivity contribution in [1.29, 1.82) is 0 Å². The van der Waals surface area contributed by atoms with Crippen LogP contribution in [0.2, 0.25) is 0 Å². The molecule has 0 fully saturated rings. The van der Waals surface area contributed by atoms with Gasteiger partial charge < -0.3 is 30.4 Å². The molecule has 9 nitrogen and oxygen atoms in total. The number of H-pyrrole nitrogens is 1. The second-order valence-corrected chi connectivity index (χ2v) is 9.84. The van der Waals surface area contributed by atoms with E-state index < -0.39 is 0 Å². The molecule has 0 saturated carbocycles. The number of benzene rings is 3. The van der Waals surface area contributed by atoms with Crippen LogP contribution >= 0.6 is 0 Å². The molecule has 39 heavy (non-hydrogen) atoms. The van der Waals surface area contributed by atoms with E-state index in [1.165, 1.54) is 0 Å². The van der Waals surface area contributed by atoms with Crippen LogP contribution in [-0.2, 0) is 13.1 Å². The van der Waals surface area contributed by atoms with Gasteiger partial charge in [0.1, 0.15) is 11.5 Å². The number of hydrogen-bond donors (Lipinski definition) is 3. The van der Waals surface area contributed by atoms with Crippen molar-refractivity contribution in [3.63, 3.8) is 0 Å². The molecule has 3 aromatic carbocycles. The second-order valence-electron chi connectivity index (χ2n) is 9.84. The summed E-state index contributed by atoms with van der Waals surface area (Å²) in [7, 11) is 3.93. The maximum absolute atomic E-state index is 13.6. The predicted molar refractivity (Wildman–Crippen MR) is 154 cm³/mol. The van der Waals surface area contributed by atoms with Crippen molar-refractivity contribution in [3.05, 3.63) is 96.1 Å².